The van der Waals surface area contributed by atoms with E-state index in [0.29, 0.717) is 12.8 Å². The Morgan fingerprint density at radius 3 is 1.39 bits per heavy atom. The van der Waals surface area contributed by atoms with Gasteiger partial charge in [-0.15, -0.1) is 0 Å². The maximum atomic E-state index is 12.6. The fourth-order valence-corrected chi connectivity index (χ4v) is 5.23. The Morgan fingerprint density at radius 1 is 0.632 bits per heavy atom. The van der Waals surface area contributed by atoms with Gasteiger partial charge in [0, 0.05) is 12.8 Å². The Morgan fingerprint density at radius 2 is 1.00 bits per heavy atom. The smallest absolute Gasteiger partial charge is 0.342 e. The number of ketones is 1. The van der Waals surface area contributed by atoms with Crippen LogP contribution in [0, 0.1) is 10.1 Å². The number of hydrogen-bond acceptors (Lipinski definition) is 5. The molecule has 0 fully saturated rings. The van der Waals surface area contributed by atoms with Gasteiger partial charge in [0.15, 0.2) is 5.78 Å². The molecule has 1 aromatic heterocycles. The van der Waals surface area contributed by atoms with Crippen molar-refractivity contribution in [2.24, 2.45) is 0 Å². The van der Waals surface area contributed by atoms with Gasteiger partial charge in [0.1, 0.15) is 0 Å². The molecule has 1 rings (SSSR count). The van der Waals surface area contributed by atoms with E-state index in [1.165, 1.54) is 116 Å². The molecule has 0 amide bonds. The van der Waals surface area contributed by atoms with E-state index in [2.05, 4.69) is 19.0 Å². The standard InChI is InChI=1S/C32H58N2O4/c1-3-5-7-9-11-13-15-17-19-21-23-25-27-29(35)31-32(34(36)37)30(38-33-31)28-26-24-22-20-18-16-14-12-10-8-6-4-2/h3-28H2,1-2H3. The first-order chi connectivity index (χ1) is 18.6. The minimum atomic E-state index is -0.484. The number of carbonyl (C=O) groups excluding carboxylic acids is 1. The molecule has 0 aromatic carbocycles. The first kappa shape index (κ1) is 34.3. The molecule has 1 heterocycles. The minimum Gasteiger partial charge on any atom is -0.353 e. The summed E-state index contributed by atoms with van der Waals surface area (Å²) in [6.07, 6.45) is 30.4. The molecule has 0 aliphatic heterocycles. The molecule has 0 atom stereocenters. The molecule has 0 aliphatic rings. The molecule has 6 nitrogen and oxygen atoms in total. The highest BCUT2D eigenvalue weighted by Gasteiger charge is 2.30. The van der Waals surface area contributed by atoms with Crippen LogP contribution in [0.1, 0.15) is 191 Å². The van der Waals surface area contributed by atoms with Gasteiger partial charge in [-0.1, -0.05) is 160 Å². The topological polar surface area (TPSA) is 86.2 Å². The molecule has 220 valence electrons. The Labute approximate surface area is 233 Å². The summed E-state index contributed by atoms with van der Waals surface area (Å²) in [6, 6.07) is 0. The van der Waals surface area contributed by atoms with Crippen LogP contribution in [0.25, 0.3) is 0 Å². The number of carbonyl (C=O) groups is 1. The number of nitro groups is 1. The summed E-state index contributed by atoms with van der Waals surface area (Å²) in [7, 11) is 0. The Hall–Kier alpha value is -1.72. The fourth-order valence-electron chi connectivity index (χ4n) is 5.23. The van der Waals surface area contributed by atoms with Crippen molar-refractivity contribution < 1.29 is 14.2 Å². The van der Waals surface area contributed by atoms with Crippen LogP contribution >= 0.6 is 0 Å². The predicted molar refractivity (Wildman–Crippen MR) is 158 cm³/mol. The van der Waals surface area contributed by atoms with E-state index in [9.17, 15) is 14.9 Å². The van der Waals surface area contributed by atoms with Crippen LogP contribution in [0.4, 0.5) is 5.69 Å². The summed E-state index contributed by atoms with van der Waals surface area (Å²) in [5.74, 6) is 0.00796. The zero-order valence-electron chi connectivity index (χ0n) is 24.9. The third-order valence-electron chi connectivity index (χ3n) is 7.70. The van der Waals surface area contributed by atoms with Crippen molar-refractivity contribution in [3.8, 4) is 0 Å². The Bertz CT molecular complexity index is 716. The van der Waals surface area contributed by atoms with Crippen molar-refractivity contribution >= 4 is 11.5 Å². The van der Waals surface area contributed by atoms with E-state index in [0.717, 1.165) is 38.5 Å². The van der Waals surface area contributed by atoms with Crippen LogP contribution in [0.15, 0.2) is 4.52 Å². The van der Waals surface area contributed by atoms with Gasteiger partial charge in [-0.05, 0) is 12.8 Å². The Kier molecular flexibility index (Phi) is 22.0. The van der Waals surface area contributed by atoms with Crippen LogP contribution in [0.5, 0.6) is 0 Å². The van der Waals surface area contributed by atoms with Crippen LogP contribution in [0.3, 0.4) is 0 Å². The molecule has 6 heteroatoms. The van der Waals surface area contributed by atoms with E-state index >= 15 is 0 Å². The average Bonchev–Trinajstić information content (AvgIpc) is 3.34. The second-order valence-electron chi connectivity index (χ2n) is 11.3. The van der Waals surface area contributed by atoms with E-state index in [4.69, 9.17) is 4.52 Å². The first-order valence-electron chi connectivity index (χ1n) is 16.3. The van der Waals surface area contributed by atoms with Gasteiger partial charge in [-0.25, -0.2) is 0 Å². The van der Waals surface area contributed by atoms with Crippen LogP contribution in [-0.2, 0) is 6.42 Å². The van der Waals surface area contributed by atoms with Crippen molar-refractivity contribution in [3.63, 3.8) is 0 Å². The maximum Gasteiger partial charge on any atom is 0.342 e. The number of unbranched alkanes of at least 4 members (excludes halogenated alkanes) is 22. The molecule has 0 N–H and O–H groups in total. The number of hydrogen-bond donors (Lipinski definition) is 0. The van der Waals surface area contributed by atoms with Crippen molar-refractivity contribution in [2.75, 3.05) is 0 Å². The molecule has 0 radical (unpaired) electrons. The van der Waals surface area contributed by atoms with Gasteiger partial charge in [0.05, 0.1) is 4.92 Å². The summed E-state index contributed by atoms with van der Waals surface area (Å²) < 4.78 is 5.28. The molecule has 0 aliphatic carbocycles. The van der Waals surface area contributed by atoms with Crippen molar-refractivity contribution in [2.45, 2.75) is 181 Å². The summed E-state index contributed by atoms with van der Waals surface area (Å²) in [6.45, 7) is 4.50. The lowest BCUT2D eigenvalue weighted by Crippen LogP contribution is -2.04. The molecule has 38 heavy (non-hydrogen) atoms. The van der Waals surface area contributed by atoms with Gasteiger partial charge in [0.25, 0.3) is 0 Å². The molecule has 0 unspecified atom stereocenters. The lowest BCUT2D eigenvalue weighted by molar-refractivity contribution is -0.386. The lowest BCUT2D eigenvalue weighted by Gasteiger charge is -2.03. The second kappa shape index (κ2) is 24.3. The SMILES string of the molecule is CCCCCCCCCCCCCCC(=O)c1noc(CCCCCCCCCCCCCC)c1[N+](=O)[O-]. The summed E-state index contributed by atoms with van der Waals surface area (Å²) in [5.41, 5.74) is -0.274. The first-order valence-corrected chi connectivity index (χ1v) is 16.3. The lowest BCUT2D eigenvalue weighted by atomic mass is 10.0. The zero-order chi connectivity index (χ0) is 27.7. The van der Waals surface area contributed by atoms with E-state index in [1.807, 2.05) is 0 Å². The predicted octanol–water partition coefficient (Wildman–Crippen LogP) is 11.1. The molecule has 0 bridgehead atoms. The van der Waals surface area contributed by atoms with Crippen LogP contribution < -0.4 is 0 Å². The number of aromatic nitrogens is 1. The molecule has 1 aromatic rings. The highest BCUT2D eigenvalue weighted by Crippen LogP contribution is 2.27. The molecule has 0 spiro atoms. The van der Waals surface area contributed by atoms with Crippen molar-refractivity contribution in [3.05, 3.63) is 21.6 Å². The van der Waals surface area contributed by atoms with Gasteiger partial charge in [-0.2, -0.15) is 0 Å². The normalized spacial score (nSPS) is 11.3. The summed E-state index contributed by atoms with van der Waals surface area (Å²) in [4.78, 5) is 23.8. The molecule has 0 saturated heterocycles. The molecule has 0 saturated carbocycles. The largest absolute Gasteiger partial charge is 0.353 e. The number of nitrogens with zero attached hydrogens (tertiary/aromatic N) is 2. The average molecular weight is 535 g/mol. The number of rotatable bonds is 28. The quantitative estimate of drug-likeness (QED) is 0.0461. The van der Waals surface area contributed by atoms with Gasteiger partial charge in [0.2, 0.25) is 11.5 Å². The summed E-state index contributed by atoms with van der Waals surface area (Å²) in [5, 5.41) is 15.5. The second-order valence-corrected chi connectivity index (χ2v) is 11.3. The highest BCUT2D eigenvalue weighted by molar-refractivity contribution is 5.98. The van der Waals surface area contributed by atoms with Crippen molar-refractivity contribution in [1.82, 2.24) is 5.16 Å². The summed E-state index contributed by atoms with van der Waals surface area (Å²) >= 11 is 0. The minimum absolute atomic E-state index is 0.0768. The van der Waals surface area contributed by atoms with Gasteiger partial charge < -0.3 is 4.52 Å². The monoisotopic (exact) mass is 534 g/mol. The fraction of sp³-hybridized carbons (Fsp3) is 0.875. The number of aryl methyl sites for hydroxylation is 1. The maximum absolute atomic E-state index is 12.6. The van der Waals surface area contributed by atoms with Crippen LogP contribution in [-0.4, -0.2) is 15.9 Å². The Balaban J connectivity index is 2.15. The van der Waals surface area contributed by atoms with Crippen molar-refractivity contribution in [1.29, 1.82) is 0 Å². The van der Waals surface area contributed by atoms with E-state index < -0.39 is 4.92 Å². The number of Topliss-reactive ketones (excluding diaryl/α,β-unsaturated/α-hetero) is 1. The van der Waals surface area contributed by atoms with Crippen LogP contribution in [0.2, 0.25) is 0 Å². The molecular formula is C32H58N2O4. The van der Waals surface area contributed by atoms with E-state index in [-0.39, 0.29) is 22.9 Å². The zero-order valence-corrected chi connectivity index (χ0v) is 24.9. The van der Waals surface area contributed by atoms with E-state index in [1.54, 1.807) is 0 Å². The van der Waals surface area contributed by atoms with Gasteiger partial charge in [-0.3, -0.25) is 14.9 Å². The highest BCUT2D eigenvalue weighted by atomic mass is 16.6. The van der Waals surface area contributed by atoms with Gasteiger partial charge >= 0.3 is 5.69 Å². The third kappa shape index (κ3) is 17.0. The molecular weight excluding hydrogens is 476 g/mol. The third-order valence-corrected chi connectivity index (χ3v) is 7.70.